The number of nitro benzene ring substituents is 1. The number of hydrogen-bond acceptors (Lipinski definition) is 7. The van der Waals surface area contributed by atoms with E-state index in [4.69, 9.17) is 14.2 Å². The lowest BCUT2D eigenvalue weighted by Crippen LogP contribution is -2.21. The summed E-state index contributed by atoms with van der Waals surface area (Å²) in [5.74, 6) is -0.478. The molecular weight excluding hydrogens is 392 g/mol. The second-order valence-electron chi connectivity index (χ2n) is 6.75. The largest absolute Gasteiger partial charge is 0.454 e. The first kappa shape index (κ1) is 20.8. The number of fused-ring (bicyclic) bond motifs is 1. The van der Waals surface area contributed by atoms with Gasteiger partial charge in [-0.2, -0.15) is 0 Å². The minimum absolute atomic E-state index is 0.0310. The molecule has 3 rings (SSSR count). The molecule has 0 atom stereocenters. The third-order valence-electron chi connectivity index (χ3n) is 4.32. The van der Waals surface area contributed by atoms with Crippen molar-refractivity contribution >= 4 is 29.3 Å². The molecule has 0 saturated heterocycles. The van der Waals surface area contributed by atoms with E-state index < -0.39 is 23.4 Å². The van der Waals surface area contributed by atoms with Gasteiger partial charge in [0.2, 0.25) is 6.79 Å². The molecule has 2 aromatic rings. The molecule has 0 fully saturated rings. The van der Waals surface area contributed by atoms with E-state index in [0.29, 0.717) is 11.4 Å². The van der Waals surface area contributed by atoms with Gasteiger partial charge in [-0.25, -0.2) is 4.79 Å². The molecule has 0 saturated carbocycles. The summed E-state index contributed by atoms with van der Waals surface area (Å²) >= 11 is 0. The molecule has 2 aromatic carbocycles. The summed E-state index contributed by atoms with van der Waals surface area (Å²) in [4.78, 5) is 34.7. The van der Waals surface area contributed by atoms with E-state index in [2.05, 4.69) is 5.32 Å². The lowest BCUT2D eigenvalue weighted by Gasteiger charge is -2.13. The summed E-state index contributed by atoms with van der Waals surface area (Å²) in [7, 11) is 0. The van der Waals surface area contributed by atoms with Gasteiger partial charge in [-0.1, -0.05) is 32.0 Å². The third-order valence-corrected chi connectivity index (χ3v) is 4.32. The van der Waals surface area contributed by atoms with Crippen LogP contribution in [0.3, 0.4) is 0 Å². The van der Waals surface area contributed by atoms with Crippen LogP contribution in [0, 0.1) is 10.1 Å². The Labute approximate surface area is 172 Å². The zero-order valence-corrected chi connectivity index (χ0v) is 16.4. The van der Waals surface area contributed by atoms with Gasteiger partial charge in [-0.05, 0) is 29.7 Å². The molecule has 30 heavy (non-hydrogen) atoms. The van der Waals surface area contributed by atoms with Gasteiger partial charge < -0.3 is 19.5 Å². The third kappa shape index (κ3) is 4.93. The van der Waals surface area contributed by atoms with Crippen LogP contribution in [0.5, 0.6) is 11.5 Å². The Hall–Kier alpha value is -3.88. The molecule has 156 valence electrons. The molecule has 0 unspecified atom stereocenters. The molecule has 0 radical (unpaired) electrons. The predicted molar refractivity (Wildman–Crippen MR) is 108 cm³/mol. The number of hydrogen-bond donors (Lipinski definition) is 1. The first-order chi connectivity index (χ1) is 14.3. The van der Waals surface area contributed by atoms with Crippen LogP contribution in [0.2, 0.25) is 0 Å². The SMILES string of the molecule is CC(C)c1ccccc1NC(=O)COC(=O)/C=C/c1cc2c(cc1[N+](=O)[O-])OCO2. The second kappa shape index (κ2) is 9.08. The fourth-order valence-corrected chi connectivity index (χ4v) is 2.88. The van der Waals surface area contributed by atoms with Crippen LogP contribution in [0.15, 0.2) is 42.5 Å². The standard InChI is InChI=1S/C21H20N2O7/c1-13(2)15-5-3-4-6-16(15)22-20(24)11-28-21(25)8-7-14-9-18-19(30-12-29-18)10-17(14)23(26)27/h3-10,13H,11-12H2,1-2H3,(H,22,24)/b8-7+. The van der Waals surface area contributed by atoms with Gasteiger partial charge >= 0.3 is 5.97 Å². The number of anilines is 1. The zero-order valence-electron chi connectivity index (χ0n) is 16.4. The van der Waals surface area contributed by atoms with Crippen LogP contribution in [-0.4, -0.2) is 30.2 Å². The van der Waals surface area contributed by atoms with Crippen molar-refractivity contribution in [3.8, 4) is 11.5 Å². The molecule has 0 aromatic heterocycles. The highest BCUT2D eigenvalue weighted by Crippen LogP contribution is 2.38. The van der Waals surface area contributed by atoms with E-state index >= 15 is 0 Å². The van der Waals surface area contributed by atoms with Crippen LogP contribution in [0.1, 0.15) is 30.9 Å². The maximum absolute atomic E-state index is 12.1. The van der Waals surface area contributed by atoms with E-state index in [-0.39, 0.29) is 29.7 Å². The molecule has 1 heterocycles. The normalized spacial score (nSPS) is 12.2. The fourth-order valence-electron chi connectivity index (χ4n) is 2.88. The average Bonchev–Trinajstić information content (AvgIpc) is 3.17. The molecule has 0 spiro atoms. The van der Waals surface area contributed by atoms with Crippen molar-refractivity contribution in [2.45, 2.75) is 19.8 Å². The Kier molecular flexibility index (Phi) is 6.31. The minimum Gasteiger partial charge on any atom is -0.454 e. The van der Waals surface area contributed by atoms with E-state index in [9.17, 15) is 19.7 Å². The van der Waals surface area contributed by atoms with Crippen molar-refractivity contribution in [3.05, 3.63) is 63.7 Å². The van der Waals surface area contributed by atoms with Crippen molar-refractivity contribution in [2.24, 2.45) is 0 Å². The average molecular weight is 412 g/mol. The van der Waals surface area contributed by atoms with Gasteiger partial charge in [-0.3, -0.25) is 14.9 Å². The number of ether oxygens (including phenoxy) is 3. The van der Waals surface area contributed by atoms with Gasteiger partial charge in [0.1, 0.15) is 0 Å². The Bertz CT molecular complexity index is 1010. The van der Waals surface area contributed by atoms with Crippen LogP contribution >= 0.6 is 0 Å². The molecule has 9 heteroatoms. The topological polar surface area (TPSA) is 117 Å². The quantitative estimate of drug-likeness (QED) is 0.319. The Morgan fingerprint density at radius 1 is 1.23 bits per heavy atom. The smallest absolute Gasteiger partial charge is 0.331 e. The highest BCUT2D eigenvalue weighted by Gasteiger charge is 2.22. The van der Waals surface area contributed by atoms with Crippen molar-refractivity contribution < 1.29 is 28.7 Å². The number of carbonyl (C=O) groups is 2. The lowest BCUT2D eigenvalue weighted by atomic mass is 10.0. The highest BCUT2D eigenvalue weighted by molar-refractivity contribution is 5.95. The number of carbonyl (C=O) groups excluding carboxylic acids is 2. The number of para-hydroxylation sites is 1. The Morgan fingerprint density at radius 3 is 2.63 bits per heavy atom. The summed E-state index contributed by atoms with van der Waals surface area (Å²) in [5, 5.41) is 13.9. The van der Waals surface area contributed by atoms with Crippen LogP contribution in [0.25, 0.3) is 6.08 Å². The second-order valence-corrected chi connectivity index (χ2v) is 6.75. The molecule has 1 amide bonds. The van der Waals surface area contributed by atoms with Gasteiger partial charge in [0.15, 0.2) is 18.1 Å². The first-order valence-electron chi connectivity index (χ1n) is 9.17. The number of nitrogens with zero attached hydrogens (tertiary/aromatic N) is 1. The molecule has 9 nitrogen and oxygen atoms in total. The number of nitro groups is 1. The fraction of sp³-hybridized carbons (Fsp3) is 0.238. The van der Waals surface area contributed by atoms with Crippen LogP contribution in [0.4, 0.5) is 11.4 Å². The summed E-state index contributed by atoms with van der Waals surface area (Å²) < 4.78 is 15.2. The number of rotatable bonds is 7. The number of esters is 1. The zero-order chi connectivity index (χ0) is 21.7. The highest BCUT2D eigenvalue weighted by atomic mass is 16.7. The Morgan fingerprint density at radius 2 is 1.93 bits per heavy atom. The number of benzene rings is 2. The van der Waals surface area contributed by atoms with Gasteiger partial charge in [0, 0.05) is 11.8 Å². The van der Waals surface area contributed by atoms with Crippen LogP contribution in [-0.2, 0) is 14.3 Å². The molecule has 1 aliphatic heterocycles. The molecular formula is C21H20N2O7. The summed E-state index contributed by atoms with van der Waals surface area (Å²) in [6.07, 6.45) is 2.24. The van der Waals surface area contributed by atoms with Crippen LogP contribution < -0.4 is 14.8 Å². The first-order valence-corrected chi connectivity index (χ1v) is 9.17. The molecule has 1 N–H and O–H groups in total. The van der Waals surface area contributed by atoms with Crippen molar-refractivity contribution in [1.82, 2.24) is 0 Å². The van der Waals surface area contributed by atoms with Gasteiger partial charge in [0.05, 0.1) is 16.6 Å². The summed E-state index contributed by atoms with van der Waals surface area (Å²) in [5.41, 5.74) is 1.52. The molecule has 0 bridgehead atoms. The van der Waals surface area contributed by atoms with E-state index in [1.54, 1.807) is 12.1 Å². The van der Waals surface area contributed by atoms with E-state index in [0.717, 1.165) is 11.6 Å². The summed E-state index contributed by atoms with van der Waals surface area (Å²) in [6, 6.07) is 9.99. The van der Waals surface area contributed by atoms with Crippen molar-refractivity contribution in [3.63, 3.8) is 0 Å². The maximum atomic E-state index is 12.1. The van der Waals surface area contributed by atoms with Crippen molar-refractivity contribution in [2.75, 3.05) is 18.7 Å². The minimum atomic E-state index is -0.811. The molecule has 0 aliphatic carbocycles. The monoisotopic (exact) mass is 412 g/mol. The predicted octanol–water partition coefficient (Wildman–Crippen LogP) is 3.64. The molecule has 1 aliphatic rings. The summed E-state index contributed by atoms with van der Waals surface area (Å²) in [6.45, 7) is 3.49. The lowest BCUT2D eigenvalue weighted by molar-refractivity contribution is -0.385. The Balaban J connectivity index is 1.61. The van der Waals surface area contributed by atoms with Crippen molar-refractivity contribution in [1.29, 1.82) is 0 Å². The van der Waals surface area contributed by atoms with E-state index in [1.165, 1.54) is 18.2 Å². The van der Waals surface area contributed by atoms with E-state index in [1.807, 2.05) is 26.0 Å². The number of amides is 1. The maximum Gasteiger partial charge on any atom is 0.331 e. The number of nitrogens with one attached hydrogen (secondary N) is 1. The van der Waals surface area contributed by atoms with Gasteiger partial charge in [-0.15, -0.1) is 0 Å². The van der Waals surface area contributed by atoms with Gasteiger partial charge in [0.25, 0.3) is 11.6 Å².